The average molecular weight is 358 g/mol. The molecular formula is C19H23FN4O2. The lowest BCUT2D eigenvalue weighted by molar-refractivity contribution is -0.140. The largest absolute Gasteiger partial charge is 0.378 e. The molecule has 0 unspecified atom stereocenters. The van der Waals surface area contributed by atoms with Crippen LogP contribution in [-0.2, 0) is 16.1 Å². The molecule has 0 radical (unpaired) electrons. The number of morpholine rings is 1. The van der Waals surface area contributed by atoms with E-state index in [0.29, 0.717) is 32.8 Å². The third kappa shape index (κ3) is 3.50. The normalized spacial score (nSPS) is 24.1. The van der Waals surface area contributed by atoms with Crippen LogP contribution in [-0.4, -0.2) is 70.3 Å². The number of likely N-dealkylation sites (tertiary alicyclic amines) is 1. The van der Waals surface area contributed by atoms with E-state index in [4.69, 9.17) is 4.74 Å². The van der Waals surface area contributed by atoms with Crippen LogP contribution in [0.15, 0.2) is 42.7 Å². The Labute approximate surface area is 152 Å². The van der Waals surface area contributed by atoms with Gasteiger partial charge in [0.2, 0.25) is 5.91 Å². The van der Waals surface area contributed by atoms with Gasteiger partial charge in [-0.2, -0.15) is 0 Å². The van der Waals surface area contributed by atoms with Gasteiger partial charge in [0.1, 0.15) is 12.0 Å². The minimum absolute atomic E-state index is 0.00580. The number of nitrogens with zero attached hydrogens (tertiary/aromatic N) is 4. The summed E-state index contributed by atoms with van der Waals surface area (Å²) in [7, 11) is 0. The third-order valence-electron chi connectivity index (χ3n) is 5.06. The Balaban J connectivity index is 1.52. The number of rotatable bonds is 4. The Morgan fingerprint density at radius 1 is 1.23 bits per heavy atom. The quantitative estimate of drug-likeness (QED) is 0.834. The molecule has 3 heterocycles. The van der Waals surface area contributed by atoms with Crippen molar-refractivity contribution in [2.45, 2.75) is 25.2 Å². The maximum absolute atomic E-state index is 14.1. The van der Waals surface area contributed by atoms with E-state index in [9.17, 15) is 9.18 Å². The topological polar surface area (TPSA) is 50.6 Å². The van der Waals surface area contributed by atoms with Crippen LogP contribution in [0.3, 0.4) is 0 Å². The Morgan fingerprint density at radius 3 is 2.77 bits per heavy atom. The van der Waals surface area contributed by atoms with Crippen LogP contribution in [0.4, 0.5) is 4.39 Å². The first-order chi connectivity index (χ1) is 12.7. The predicted octanol–water partition coefficient (Wildman–Crippen LogP) is 1.64. The summed E-state index contributed by atoms with van der Waals surface area (Å²) in [6, 6.07) is 9.48. The fourth-order valence-corrected chi connectivity index (χ4v) is 3.73. The van der Waals surface area contributed by atoms with E-state index in [1.807, 2.05) is 46.0 Å². The fraction of sp³-hybridized carbons (Fsp3) is 0.474. The highest BCUT2D eigenvalue weighted by Crippen LogP contribution is 2.25. The molecule has 0 saturated carbocycles. The van der Waals surface area contributed by atoms with Gasteiger partial charge in [-0.25, -0.2) is 9.37 Å². The lowest BCUT2D eigenvalue weighted by atomic mass is 10.1. The van der Waals surface area contributed by atoms with Crippen molar-refractivity contribution < 1.29 is 13.9 Å². The number of carbonyl (C=O) groups is 1. The predicted molar refractivity (Wildman–Crippen MR) is 94.7 cm³/mol. The highest BCUT2D eigenvalue weighted by molar-refractivity contribution is 5.82. The van der Waals surface area contributed by atoms with Crippen molar-refractivity contribution in [1.29, 1.82) is 0 Å². The molecular weight excluding hydrogens is 335 g/mol. The van der Waals surface area contributed by atoms with Crippen molar-refractivity contribution >= 4 is 5.91 Å². The molecule has 2 fully saturated rings. The van der Waals surface area contributed by atoms with Crippen LogP contribution in [0.25, 0.3) is 5.69 Å². The van der Waals surface area contributed by atoms with Crippen molar-refractivity contribution in [3.05, 3.63) is 48.5 Å². The van der Waals surface area contributed by atoms with Crippen LogP contribution in [0.1, 0.15) is 12.2 Å². The second-order valence-electron chi connectivity index (χ2n) is 6.76. The lowest BCUT2D eigenvalue weighted by Gasteiger charge is -2.32. The van der Waals surface area contributed by atoms with E-state index < -0.39 is 12.2 Å². The van der Waals surface area contributed by atoms with Crippen LogP contribution in [0.2, 0.25) is 0 Å². The smallest absolute Gasteiger partial charge is 0.240 e. The second-order valence-corrected chi connectivity index (χ2v) is 6.76. The summed E-state index contributed by atoms with van der Waals surface area (Å²) in [5.74, 6) is 0.816. The average Bonchev–Trinajstić information content (AvgIpc) is 3.29. The van der Waals surface area contributed by atoms with Gasteiger partial charge in [0.15, 0.2) is 0 Å². The zero-order valence-corrected chi connectivity index (χ0v) is 14.6. The maximum Gasteiger partial charge on any atom is 0.240 e. The number of halogens is 1. The summed E-state index contributed by atoms with van der Waals surface area (Å²) < 4.78 is 21.4. The van der Waals surface area contributed by atoms with Gasteiger partial charge in [-0.15, -0.1) is 0 Å². The molecule has 138 valence electrons. The fourth-order valence-electron chi connectivity index (χ4n) is 3.73. The maximum atomic E-state index is 14.1. The Kier molecular flexibility index (Phi) is 4.99. The molecule has 0 bridgehead atoms. The first-order valence-electron chi connectivity index (χ1n) is 9.04. The van der Waals surface area contributed by atoms with Gasteiger partial charge in [0.05, 0.1) is 25.8 Å². The van der Waals surface area contributed by atoms with Gasteiger partial charge in [0.25, 0.3) is 0 Å². The number of ether oxygens (including phenoxy) is 1. The molecule has 4 rings (SSSR count). The molecule has 7 heteroatoms. The SMILES string of the molecule is O=C([C@@H]1C[C@@H](F)CN1Cc1nccn1-c1ccccc1)N1CCOCC1. The minimum atomic E-state index is -0.981. The standard InChI is InChI=1S/C19H23FN4O2/c20-15-12-17(19(25)22-8-10-26-11-9-22)23(13-15)14-18-21-6-7-24(18)16-4-2-1-3-5-16/h1-7,15,17H,8-14H2/t15-,17+/m1/s1. The van der Waals surface area contributed by atoms with Gasteiger partial charge in [-0.05, 0) is 12.1 Å². The van der Waals surface area contributed by atoms with Gasteiger partial charge >= 0.3 is 0 Å². The lowest BCUT2D eigenvalue weighted by Crippen LogP contribution is -2.49. The van der Waals surface area contributed by atoms with Crippen molar-refractivity contribution in [3.63, 3.8) is 0 Å². The molecule has 2 aromatic rings. The number of para-hydroxylation sites is 1. The Bertz CT molecular complexity index is 745. The zero-order chi connectivity index (χ0) is 17.9. The van der Waals surface area contributed by atoms with Crippen LogP contribution >= 0.6 is 0 Å². The van der Waals surface area contributed by atoms with Crippen LogP contribution in [0, 0.1) is 0 Å². The van der Waals surface area contributed by atoms with Gasteiger partial charge in [-0.1, -0.05) is 18.2 Å². The number of amides is 1. The summed E-state index contributed by atoms with van der Waals surface area (Å²) in [5, 5.41) is 0. The summed E-state index contributed by atoms with van der Waals surface area (Å²) in [5.41, 5.74) is 1.01. The molecule has 1 aromatic heterocycles. The minimum Gasteiger partial charge on any atom is -0.378 e. The monoisotopic (exact) mass is 358 g/mol. The van der Waals surface area contributed by atoms with E-state index in [1.165, 1.54) is 0 Å². The van der Waals surface area contributed by atoms with Crippen molar-refractivity contribution in [2.24, 2.45) is 0 Å². The number of imidazole rings is 1. The number of hydrogen-bond donors (Lipinski definition) is 0. The molecule has 2 saturated heterocycles. The van der Waals surface area contributed by atoms with Gasteiger partial charge in [0, 0.05) is 44.1 Å². The van der Waals surface area contributed by atoms with E-state index in [0.717, 1.165) is 11.5 Å². The molecule has 26 heavy (non-hydrogen) atoms. The molecule has 2 aliphatic rings. The summed E-state index contributed by atoms with van der Waals surface area (Å²) in [4.78, 5) is 21.0. The first kappa shape index (κ1) is 17.2. The van der Waals surface area contributed by atoms with E-state index in [-0.39, 0.29) is 18.9 Å². The van der Waals surface area contributed by atoms with Crippen molar-refractivity contribution in [2.75, 3.05) is 32.8 Å². The van der Waals surface area contributed by atoms with E-state index >= 15 is 0 Å². The number of hydrogen-bond acceptors (Lipinski definition) is 4. The molecule has 0 aliphatic carbocycles. The molecule has 1 aromatic carbocycles. The highest BCUT2D eigenvalue weighted by Gasteiger charge is 2.39. The summed E-state index contributed by atoms with van der Waals surface area (Å²) in [6.45, 7) is 2.98. The Morgan fingerprint density at radius 2 is 2.00 bits per heavy atom. The molecule has 2 atom stereocenters. The van der Waals surface area contributed by atoms with Gasteiger partial charge in [-0.3, -0.25) is 9.69 Å². The van der Waals surface area contributed by atoms with Crippen molar-refractivity contribution in [3.8, 4) is 5.69 Å². The Hall–Kier alpha value is -2.25. The summed E-state index contributed by atoms with van der Waals surface area (Å²) in [6.07, 6.45) is 2.91. The second kappa shape index (κ2) is 7.55. The van der Waals surface area contributed by atoms with E-state index in [1.54, 1.807) is 11.1 Å². The van der Waals surface area contributed by atoms with E-state index in [2.05, 4.69) is 4.98 Å². The molecule has 0 spiro atoms. The van der Waals surface area contributed by atoms with Crippen molar-refractivity contribution in [1.82, 2.24) is 19.4 Å². The molecule has 2 aliphatic heterocycles. The van der Waals surface area contributed by atoms with Crippen LogP contribution < -0.4 is 0 Å². The highest BCUT2D eigenvalue weighted by atomic mass is 19.1. The zero-order valence-electron chi connectivity index (χ0n) is 14.6. The number of aromatic nitrogens is 2. The van der Waals surface area contributed by atoms with Crippen LogP contribution in [0.5, 0.6) is 0 Å². The number of alkyl halides is 1. The number of carbonyl (C=O) groups excluding carboxylic acids is 1. The molecule has 1 amide bonds. The number of benzene rings is 1. The molecule has 6 nitrogen and oxygen atoms in total. The molecule has 0 N–H and O–H groups in total. The van der Waals surface area contributed by atoms with Gasteiger partial charge < -0.3 is 14.2 Å². The summed E-state index contributed by atoms with van der Waals surface area (Å²) >= 11 is 0. The first-order valence-corrected chi connectivity index (χ1v) is 9.04. The third-order valence-corrected chi connectivity index (χ3v) is 5.06.